The number of nitrogens with zero attached hydrogens (tertiary/aromatic N) is 1. The molecule has 1 aliphatic heterocycles. The van der Waals surface area contributed by atoms with E-state index in [1.807, 2.05) is 13.8 Å². The van der Waals surface area contributed by atoms with Gasteiger partial charge in [-0.05, 0) is 37.5 Å². The van der Waals surface area contributed by atoms with Gasteiger partial charge in [0.05, 0.1) is 5.56 Å². The second kappa shape index (κ2) is 6.50. The smallest absolute Gasteiger partial charge is 0.311 e. The Bertz CT molecular complexity index is 590. The van der Waals surface area contributed by atoms with Gasteiger partial charge in [-0.15, -0.1) is 0 Å². The zero-order valence-electron chi connectivity index (χ0n) is 14.3. The highest BCUT2D eigenvalue weighted by Crippen LogP contribution is 2.51. The number of nitrogens with one attached hydrogen (secondary N) is 1. The number of hydrogen-bond donors (Lipinski definition) is 1. The molecule has 2 nitrogen and oxygen atoms in total. The number of halogens is 5. The molecule has 2 fully saturated rings. The maximum absolute atomic E-state index is 13.4. The third-order valence-corrected chi connectivity index (χ3v) is 5.32. The van der Waals surface area contributed by atoms with Crippen molar-refractivity contribution in [2.45, 2.75) is 56.9 Å². The number of rotatable bonds is 3. The average molecular weight is 362 g/mol. The second-order valence-corrected chi connectivity index (χ2v) is 7.44. The van der Waals surface area contributed by atoms with Crippen molar-refractivity contribution in [3.63, 3.8) is 0 Å². The summed E-state index contributed by atoms with van der Waals surface area (Å²) in [5, 5.41) is 3.35. The Morgan fingerprint density at radius 1 is 1.12 bits per heavy atom. The first kappa shape index (κ1) is 18.6. The van der Waals surface area contributed by atoms with Crippen LogP contribution in [0.15, 0.2) is 24.3 Å². The van der Waals surface area contributed by atoms with Crippen LogP contribution in [0.4, 0.5) is 22.0 Å². The standard InChI is InChI=1S/C18H23F5N2/c1-11-10-25(12(2)9-24-11)16(14-7-17(19,20)8-14)13-3-5-15(6-4-13)18(21,22)23/h3-6,11-12,14,16,24H,7-10H2,1-2H3/t11-,12+,16?/m0/s1. The quantitative estimate of drug-likeness (QED) is 0.798. The minimum atomic E-state index is -4.39. The van der Waals surface area contributed by atoms with Crippen molar-refractivity contribution in [1.29, 1.82) is 0 Å². The summed E-state index contributed by atoms with van der Waals surface area (Å²) in [7, 11) is 0. The molecule has 1 saturated heterocycles. The number of piperazine rings is 1. The van der Waals surface area contributed by atoms with Crippen LogP contribution in [0.5, 0.6) is 0 Å². The van der Waals surface area contributed by atoms with Gasteiger partial charge in [-0.3, -0.25) is 4.90 Å². The predicted octanol–water partition coefficient (Wildman–Crippen LogP) is 4.47. The van der Waals surface area contributed by atoms with Gasteiger partial charge in [0.2, 0.25) is 5.92 Å². The summed E-state index contributed by atoms with van der Waals surface area (Å²) in [5.41, 5.74) is -0.0230. The lowest BCUT2D eigenvalue weighted by Crippen LogP contribution is -2.58. The first-order valence-corrected chi connectivity index (χ1v) is 8.61. The van der Waals surface area contributed by atoms with Crippen molar-refractivity contribution in [2.24, 2.45) is 5.92 Å². The van der Waals surface area contributed by atoms with Crippen molar-refractivity contribution < 1.29 is 22.0 Å². The third kappa shape index (κ3) is 3.97. The van der Waals surface area contributed by atoms with Crippen LogP contribution in [-0.4, -0.2) is 36.0 Å². The van der Waals surface area contributed by atoms with Gasteiger partial charge >= 0.3 is 6.18 Å². The Labute approximate surface area is 144 Å². The van der Waals surface area contributed by atoms with Crippen molar-refractivity contribution >= 4 is 0 Å². The normalized spacial score (nSPS) is 29.2. The van der Waals surface area contributed by atoms with E-state index in [1.54, 1.807) is 0 Å². The first-order valence-electron chi connectivity index (χ1n) is 8.61. The van der Waals surface area contributed by atoms with Crippen LogP contribution in [0.2, 0.25) is 0 Å². The lowest BCUT2D eigenvalue weighted by atomic mass is 9.73. The molecular formula is C18H23F5N2. The molecule has 7 heteroatoms. The maximum atomic E-state index is 13.4. The Morgan fingerprint density at radius 2 is 1.72 bits per heavy atom. The average Bonchev–Trinajstić information content (AvgIpc) is 2.49. The number of hydrogen-bond acceptors (Lipinski definition) is 2. The van der Waals surface area contributed by atoms with Gasteiger partial charge in [-0.1, -0.05) is 12.1 Å². The van der Waals surface area contributed by atoms with E-state index in [0.29, 0.717) is 12.1 Å². The molecule has 1 aromatic rings. The van der Waals surface area contributed by atoms with Gasteiger partial charge in [-0.25, -0.2) is 8.78 Å². The lowest BCUT2D eigenvalue weighted by molar-refractivity contribution is -0.138. The highest BCUT2D eigenvalue weighted by atomic mass is 19.4. The second-order valence-electron chi connectivity index (χ2n) is 7.44. The molecule has 1 N–H and O–H groups in total. The van der Waals surface area contributed by atoms with Gasteiger partial charge in [-0.2, -0.15) is 13.2 Å². The summed E-state index contributed by atoms with van der Waals surface area (Å²) in [6, 6.07) is 5.07. The summed E-state index contributed by atoms with van der Waals surface area (Å²) in [6.07, 6.45) is -4.80. The van der Waals surface area contributed by atoms with Crippen LogP contribution in [0.3, 0.4) is 0 Å². The Balaban J connectivity index is 1.88. The fourth-order valence-corrected chi connectivity index (χ4v) is 3.97. The monoisotopic (exact) mass is 362 g/mol. The van der Waals surface area contributed by atoms with Crippen LogP contribution < -0.4 is 5.32 Å². The van der Waals surface area contributed by atoms with Crippen LogP contribution in [-0.2, 0) is 6.18 Å². The highest BCUT2D eigenvalue weighted by Gasteiger charge is 2.51. The van der Waals surface area contributed by atoms with E-state index in [1.165, 1.54) is 12.1 Å². The molecule has 1 aliphatic carbocycles. The van der Waals surface area contributed by atoms with E-state index in [0.717, 1.165) is 18.7 Å². The van der Waals surface area contributed by atoms with Crippen molar-refractivity contribution in [1.82, 2.24) is 10.2 Å². The molecule has 0 amide bonds. The van der Waals surface area contributed by atoms with E-state index in [-0.39, 0.29) is 36.9 Å². The Hall–Kier alpha value is -1.21. The van der Waals surface area contributed by atoms with Gasteiger partial charge in [0.15, 0.2) is 0 Å². The zero-order valence-corrected chi connectivity index (χ0v) is 14.3. The van der Waals surface area contributed by atoms with Crippen LogP contribution in [0, 0.1) is 5.92 Å². The van der Waals surface area contributed by atoms with Gasteiger partial charge in [0.25, 0.3) is 0 Å². The van der Waals surface area contributed by atoms with Crippen molar-refractivity contribution in [2.75, 3.05) is 13.1 Å². The first-order chi connectivity index (χ1) is 11.6. The fraction of sp³-hybridized carbons (Fsp3) is 0.667. The molecule has 1 aromatic carbocycles. The predicted molar refractivity (Wildman–Crippen MR) is 85.5 cm³/mol. The molecular weight excluding hydrogens is 339 g/mol. The minimum absolute atomic E-state index is 0.137. The van der Waals surface area contributed by atoms with Gasteiger partial charge in [0, 0.05) is 44.1 Å². The SMILES string of the molecule is C[C@@H]1CN[C@@H](C)CN1C(c1ccc(C(F)(F)F)cc1)C1CC(F)(F)C1. The summed E-state index contributed by atoms with van der Waals surface area (Å²) in [5.74, 6) is -2.89. The van der Waals surface area contributed by atoms with Crippen LogP contribution in [0.1, 0.15) is 43.9 Å². The minimum Gasteiger partial charge on any atom is -0.311 e. The molecule has 3 atom stereocenters. The molecule has 0 aromatic heterocycles. The zero-order chi connectivity index (χ0) is 18.4. The summed E-state index contributed by atoms with van der Waals surface area (Å²) >= 11 is 0. The van der Waals surface area contributed by atoms with Crippen LogP contribution in [0.25, 0.3) is 0 Å². The van der Waals surface area contributed by atoms with Crippen molar-refractivity contribution in [3.8, 4) is 0 Å². The number of benzene rings is 1. The Morgan fingerprint density at radius 3 is 2.24 bits per heavy atom. The molecule has 2 aliphatic rings. The summed E-state index contributed by atoms with van der Waals surface area (Å²) < 4.78 is 65.3. The number of alkyl halides is 5. The van der Waals surface area contributed by atoms with Crippen LogP contribution >= 0.6 is 0 Å². The van der Waals surface area contributed by atoms with E-state index >= 15 is 0 Å². The van der Waals surface area contributed by atoms with Crippen molar-refractivity contribution in [3.05, 3.63) is 35.4 Å². The molecule has 1 heterocycles. The molecule has 25 heavy (non-hydrogen) atoms. The Kier molecular flexibility index (Phi) is 4.83. The van der Waals surface area contributed by atoms with E-state index in [2.05, 4.69) is 10.2 Å². The van der Waals surface area contributed by atoms with E-state index in [9.17, 15) is 22.0 Å². The maximum Gasteiger partial charge on any atom is 0.416 e. The largest absolute Gasteiger partial charge is 0.416 e. The topological polar surface area (TPSA) is 15.3 Å². The van der Waals surface area contributed by atoms with Gasteiger partial charge < -0.3 is 5.32 Å². The molecule has 3 rings (SSSR count). The summed E-state index contributed by atoms with van der Waals surface area (Å²) in [6.45, 7) is 5.47. The fourth-order valence-electron chi connectivity index (χ4n) is 3.97. The third-order valence-electron chi connectivity index (χ3n) is 5.32. The van der Waals surface area contributed by atoms with Gasteiger partial charge in [0.1, 0.15) is 0 Å². The van der Waals surface area contributed by atoms with E-state index < -0.39 is 17.7 Å². The molecule has 140 valence electrons. The highest BCUT2D eigenvalue weighted by molar-refractivity contribution is 5.28. The molecule has 1 unspecified atom stereocenters. The summed E-state index contributed by atoms with van der Waals surface area (Å²) in [4.78, 5) is 2.17. The van der Waals surface area contributed by atoms with E-state index in [4.69, 9.17) is 0 Å². The molecule has 0 radical (unpaired) electrons. The molecule has 1 saturated carbocycles. The lowest BCUT2D eigenvalue weighted by Gasteiger charge is -2.49. The molecule has 0 spiro atoms. The molecule has 0 bridgehead atoms.